The highest BCUT2D eigenvalue weighted by molar-refractivity contribution is 8.00. The zero-order valence-electron chi connectivity index (χ0n) is 10.2. The van der Waals surface area contributed by atoms with E-state index in [9.17, 15) is 9.18 Å². The van der Waals surface area contributed by atoms with E-state index in [1.807, 2.05) is 4.90 Å². The third kappa shape index (κ3) is 3.71. The Bertz CT molecular complexity index is 406. The Morgan fingerprint density at radius 2 is 2.17 bits per heavy atom. The van der Waals surface area contributed by atoms with E-state index in [1.165, 1.54) is 17.8 Å². The molecule has 3 nitrogen and oxygen atoms in total. The van der Waals surface area contributed by atoms with Gasteiger partial charge in [-0.05, 0) is 25.1 Å². The van der Waals surface area contributed by atoms with Crippen LogP contribution in [0.1, 0.15) is 6.42 Å². The molecule has 0 atom stereocenters. The van der Waals surface area contributed by atoms with Crippen LogP contribution in [-0.2, 0) is 4.79 Å². The first-order valence-corrected chi connectivity index (χ1v) is 7.12. The second-order valence-electron chi connectivity index (χ2n) is 4.20. The first-order chi connectivity index (χ1) is 8.77. The summed E-state index contributed by atoms with van der Waals surface area (Å²) in [5, 5.41) is 3.25. The molecule has 1 heterocycles. The molecule has 0 aromatic heterocycles. The minimum Gasteiger partial charge on any atom is -0.341 e. The second-order valence-corrected chi connectivity index (χ2v) is 5.22. The minimum atomic E-state index is -0.257. The molecule has 1 aliphatic rings. The summed E-state index contributed by atoms with van der Waals surface area (Å²) >= 11 is 1.27. The van der Waals surface area contributed by atoms with Crippen molar-refractivity contribution in [1.29, 1.82) is 0 Å². The van der Waals surface area contributed by atoms with E-state index in [1.54, 1.807) is 18.2 Å². The lowest BCUT2D eigenvalue weighted by atomic mass is 10.3. The van der Waals surface area contributed by atoms with Crippen LogP contribution in [-0.4, -0.2) is 42.7 Å². The topological polar surface area (TPSA) is 32.3 Å². The van der Waals surface area contributed by atoms with Crippen LogP contribution in [0.4, 0.5) is 4.39 Å². The van der Waals surface area contributed by atoms with Gasteiger partial charge in [-0.2, -0.15) is 0 Å². The van der Waals surface area contributed by atoms with Gasteiger partial charge in [0.1, 0.15) is 5.82 Å². The van der Waals surface area contributed by atoms with Gasteiger partial charge < -0.3 is 10.2 Å². The number of hydrogen-bond acceptors (Lipinski definition) is 3. The van der Waals surface area contributed by atoms with Crippen molar-refractivity contribution in [3.8, 4) is 0 Å². The van der Waals surface area contributed by atoms with E-state index in [-0.39, 0.29) is 11.7 Å². The number of amides is 1. The fourth-order valence-corrected chi connectivity index (χ4v) is 2.73. The molecule has 1 fully saturated rings. The highest BCUT2D eigenvalue weighted by Crippen LogP contribution is 2.21. The molecular weight excluding hydrogens is 251 g/mol. The number of nitrogens with one attached hydrogen (secondary N) is 1. The van der Waals surface area contributed by atoms with Crippen molar-refractivity contribution in [3.63, 3.8) is 0 Å². The van der Waals surface area contributed by atoms with Crippen molar-refractivity contribution >= 4 is 17.7 Å². The molecule has 0 spiro atoms. The normalized spacial score (nSPS) is 16.4. The van der Waals surface area contributed by atoms with Crippen molar-refractivity contribution < 1.29 is 9.18 Å². The van der Waals surface area contributed by atoms with Gasteiger partial charge in [-0.3, -0.25) is 4.79 Å². The van der Waals surface area contributed by atoms with Crippen LogP contribution in [0.25, 0.3) is 0 Å². The Morgan fingerprint density at radius 1 is 1.33 bits per heavy atom. The first-order valence-electron chi connectivity index (χ1n) is 6.13. The Kier molecular flexibility index (Phi) is 5.01. The predicted octanol–water partition coefficient (Wildman–Crippen LogP) is 1.74. The van der Waals surface area contributed by atoms with Crippen molar-refractivity contribution in [2.45, 2.75) is 11.3 Å². The fraction of sp³-hybridized carbons (Fsp3) is 0.462. The third-order valence-electron chi connectivity index (χ3n) is 2.88. The monoisotopic (exact) mass is 268 g/mol. The number of halogens is 1. The quantitative estimate of drug-likeness (QED) is 0.848. The van der Waals surface area contributed by atoms with Gasteiger partial charge in [0.05, 0.1) is 5.75 Å². The zero-order chi connectivity index (χ0) is 12.8. The van der Waals surface area contributed by atoms with Crippen LogP contribution in [0.2, 0.25) is 0 Å². The predicted molar refractivity (Wildman–Crippen MR) is 71.2 cm³/mol. The number of hydrogen-bond donors (Lipinski definition) is 1. The van der Waals surface area contributed by atoms with Crippen molar-refractivity contribution in [3.05, 3.63) is 30.1 Å². The SMILES string of the molecule is O=C(CSc1ccccc1F)N1CCCNCC1. The molecule has 5 heteroatoms. The van der Waals surface area contributed by atoms with Gasteiger partial charge in [-0.15, -0.1) is 11.8 Å². The molecular formula is C13H17FN2OS. The number of benzene rings is 1. The van der Waals surface area contributed by atoms with Gasteiger partial charge in [-0.1, -0.05) is 12.1 Å². The molecule has 1 aromatic carbocycles. The van der Waals surface area contributed by atoms with Crippen LogP contribution < -0.4 is 5.32 Å². The Morgan fingerprint density at radius 3 is 3.00 bits per heavy atom. The van der Waals surface area contributed by atoms with Gasteiger partial charge in [0.15, 0.2) is 0 Å². The molecule has 98 valence electrons. The molecule has 1 N–H and O–H groups in total. The largest absolute Gasteiger partial charge is 0.341 e. The van der Waals surface area contributed by atoms with Crippen LogP contribution in [0.5, 0.6) is 0 Å². The molecule has 1 amide bonds. The van der Waals surface area contributed by atoms with Crippen LogP contribution in [0, 0.1) is 5.82 Å². The number of carbonyl (C=O) groups excluding carboxylic acids is 1. The molecule has 2 rings (SSSR count). The Labute approximate surface area is 111 Å². The van der Waals surface area contributed by atoms with Gasteiger partial charge in [-0.25, -0.2) is 4.39 Å². The fourth-order valence-electron chi connectivity index (χ4n) is 1.89. The summed E-state index contributed by atoms with van der Waals surface area (Å²) in [6.07, 6.45) is 0.982. The van der Waals surface area contributed by atoms with E-state index in [4.69, 9.17) is 0 Å². The van der Waals surface area contributed by atoms with E-state index in [2.05, 4.69) is 5.32 Å². The maximum atomic E-state index is 13.4. The molecule has 0 radical (unpaired) electrons. The first kappa shape index (κ1) is 13.4. The molecule has 0 bridgehead atoms. The summed E-state index contributed by atoms with van der Waals surface area (Å²) in [7, 11) is 0. The van der Waals surface area contributed by atoms with E-state index < -0.39 is 0 Å². The van der Waals surface area contributed by atoms with Gasteiger partial charge in [0, 0.05) is 24.5 Å². The van der Waals surface area contributed by atoms with Crippen molar-refractivity contribution in [1.82, 2.24) is 10.2 Å². The summed E-state index contributed by atoms with van der Waals surface area (Å²) in [5.41, 5.74) is 0. The summed E-state index contributed by atoms with van der Waals surface area (Å²) in [5.74, 6) is 0.140. The van der Waals surface area contributed by atoms with E-state index >= 15 is 0 Å². The lowest BCUT2D eigenvalue weighted by molar-refractivity contribution is -0.128. The van der Waals surface area contributed by atoms with E-state index in [0.717, 1.165) is 32.6 Å². The average molecular weight is 268 g/mol. The van der Waals surface area contributed by atoms with E-state index in [0.29, 0.717) is 10.6 Å². The maximum Gasteiger partial charge on any atom is 0.232 e. The van der Waals surface area contributed by atoms with Gasteiger partial charge in [0.2, 0.25) is 5.91 Å². The lowest BCUT2D eigenvalue weighted by Crippen LogP contribution is -2.35. The minimum absolute atomic E-state index is 0.0898. The van der Waals surface area contributed by atoms with Gasteiger partial charge in [0.25, 0.3) is 0 Å². The average Bonchev–Trinajstić information content (AvgIpc) is 2.66. The molecule has 1 saturated heterocycles. The maximum absolute atomic E-state index is 13.4. The highest BCUT2D eigenvalue weighted by atomic mass is 32.2. The second kappa shape index (κ2) is 6.75. The molecule has 0 saturated carbocycles. The van der Waals surface area contributed by atoms with Gasteiger partial charge >= 0.3 is 0 Å². The third-order valence-corrected chi connectivity index (χ3v) is 3.91. The number of nitrogens with zero attached hydrogens (tertiary/aromatic N) is 1. The lowest BCUT2D eigenvalue weighted by Gasteiger charge is -2.19. The molecule has 0 unspecified atom stereocenters. The van der Waals surface area contributed by atoms with Crippen LogP contribution in [0.15, 0.2) is 29.2 Å². The summed E-state index contributed by atoms with van der Waals surface area (Å²) in [6, 6.07) is 6.56. The number of thioether (sulfide) groups is 1. The zero-order valence-corrected chi connectivity index (χ0v) is 11.0. The molecule has 18 heavy (non-hydrogen) atoms. The number of rotatable bonds is 3. The summed E-state index contributed by atoms with van der Waals surface area (Å²) < 4.78 is 13.4. The Hall–Kier alpha value is -1.07. The van der Waals surface area contributed by atoms with Crippen LogP contribution in [0.3, 0.4) is 0 Å². The summed E-state index contributed by atoms with van der Waals surface area (Å²) in [6.45, 7) is 3.35. The molecule has 0 aliphatic carbocycles. The van der Waals surface area contributed by atoms with Crippen LogP contribution >= 0.6 is 11.8 Å². The Balaban J connectivity index is 1.86. The smallest absolute Gasteiger partial charge is 0.232 e. The molecule has 1 aromatic rings. The van der Waals surface area contributed by atoms with Crippen molar-refractivity contribution in [2.24, 2.45) is 0 Å². The molecule has 1 aliphatic heterocycles. The summed E-state index contributed by atoms with van der Waals surface area (Å²) in [4.78, 5) is 14.4. The standard InChI is InChI=1S/C13H17FN2OS/c14-11-4-1-2-5-12(11)18-10-13(17)16-8-3-6-15-7-9-16/h1-2,4-5,15H,3,6-10H2. The number of carbonyl (C=O) groups is 1. The van der Waals surface area contributed by atoms with Crippen molar-refractivity contribution in [2.75, 3.05) is 31.9 Å². The highest BCUT2D eigenvalue weighted by Gasteiger charge is 2.15.